The van der Waals surface area contributed by atoms with Crippen molar-refractivity contribution in [2.75, 3.05) is 0 Å². The van der Waals surface area contributed by atoms with Crippen LogP contribution in [0, 0.1) is 0 Å². The summed E-state index contributed by atoms with van der Waals surface area (Å²) in [5.74, 6) is 0. The van der Waals surface area contributed by atoms with Gasteiger partial charge in [-0.05, 0) is 17.7 Å². The van der Waals surface area contributed by atoms with Crippen molar-refractivity contribution in [3.63, 3.8) is 0 Å². The molecule has 0 saturated carbocycles. The molecule has 0 fully saturated rings. The van der Waals surface area contributed by atoms with E-state index in [-0.39, 0.29) is 0 Å². The number of halogens is 2. The van der Waals surface area contributed by atoms with Gasteiger partial charge in [0.25, 0.3) is 0 Å². The number of nitrogens with two attached hydrogens (primary N) is 1. The Balaban J connectivity index is 3.07. The Morgan fingerprint density at radius 2 is 2.00 bits per heavy atom. The first-order valence-corrected chi connectivity index (χ1v) is 4.46. The van der Waals surface area contributed by atoms with Crippen LogP contribution in [-0.2, 0) is 6.54 Å². The Labute approximate surface area is 76.9 Å². The van der Waals surface area contributed by atoms with E-state index < -0.39 is 0 Å². The second-order valence-corrected chi connectivity index (χ2v) is 3.71. The molecule has 1 aromatic carbocycles. The Kier molecular flexibility index (Phi) is 2.89. The Bertz CT molecular complexity index is 235. The molecule has 54 valence electrons. The highest BCUT2D eigenvalue weighted by Crippen LogP contribution is 2.21. The lowest BCUT2D eigenvalue weighted by molar-refractivity contribution is 1.06. The minimum Gasteiger partial charge on any atom is -0.326 e. The average molecular weight is 265 g/mol. The van der Waals surface area contributed by atoms with Gasteiger partial charge in [0.2, 0.25) is 0 Å². The van der Waals surface area contributed by atoms with Crippen molar-refractivity contribution < 1.29 is 0 Å². The quantitative estimate of drug-likeness (QED) is 0.829. The summed E-state index contributed by atoms with van der Waals surface area (Å²) in [5, 5.41) is 0. The third kappa shape index (κ3) is 1.81. The zero-order valence-corrected chi connectivity index (χ0v) is 8.44. The van der Waals surface area contributed by atoms with Crippen molar-refractivity contribution in [2.24, 2.45) is 5.73 Å². The van der Waals surface area contributed by atoms with Gasteiger partial charge < -0.3 is 5.73 Å². The minimum atomic E-state index is 0.577. The van der Waals surface area contributed by atoms with Crippen LogP contribution in [0.2, 0.25) is 0 Å². The molecule has 0 heterocycles. The fraction of sp³-hybridized carbons (Fsp3) is 0.143. The van der Waals surface area contributed by atoms with Crippen molar-refractivity contribution in [1.29, 1.82) is 0 Å². The molecular formula is C7H7Br2N. The minimum absolute atomic E-state index is 0.577. The van der Waals surface area contributed by atoms with Gasteiger partial charge >= 0.3 is 0 Å². The molecule has 0 aliphatic carbocycles. The van der Waals surface area contributed by atoms with Crippen LogP contribution in [0.15, 0.2) is 27.1 Å². The van der Waals surface area contributed by atoms with Gasteiger partial charge in [-0.3, -0.25) is 0 Å². The number of benzene rings is 1. The van der Waals surface area contributed by atoms with Crippen LogP contribution in [-0.4, -0.2) is 0 Å². The predicted molar refractivity (Wildman–Crippen MR) is 49.7 cm³/mol. The third-order valence-corrected chi connectivity index (χ3v) is 2.47. The van der Waals surface area contributed by atoms with E-state index in [9.17, 15) is 0 Å². The van der Waals surface area contributed by atoms with Gasteiger partial charge in [-0.15, -0.1) is 0 Å². The molecule has 10 heavy (non-hydrogen) atoms. The van der Waals surface area contributed by atoms with Crippen molar-refractivity contribution in [3.05, 3.63) is 32.7 Å². The molecule has 3 heteroatoms. The molecule has 0 bridgehead atoms. The fourth-order valence-corrected chi connectivity index (χ4v) is 1.90. The summed E-state index contributed by atoms with van der Waals surface area (Å²) >= 11 is 6.75. The van der Waals surface area contributed by atoms with Gasteiger partial charge in [0.15, 0.2) is 0 Å². The number of hydrogen-bond acceptors (Lipinski definition) is 1. The summed E-state index contributed by atoms with van der Waals surface area (Å²) in [6.45, 7) is 0.577. The Hall–Kier alpha value is 0.140. The van der Waals surface area contributed by atoms with Gasteiger partial charge in [0.05, 0.1) is 0 Å². The fourth-order valence-electron chi connectivity index (χ4n) is 0.687. The van der Waals surface area contributed by atoms with Gasteiger partial charge in [-0.2, -0.15) is 0 Å². The molecule has 1 rings (SSSR count). The first kappa shape index (κ1) is 8.24. The second kappa shape index (κ2) is 3.51. The molecule has 0 aromatic heterocycles. The molecule has 0 amide bonds. The lowest BCUT2D eigenvalue weighted by atomic mass is 10.2. The molecule has 0 spiro atoms. The maximum Gasteiger partial charge on any atom is 0.0231 e. The first-order chi connectivity index (χ1) is 4.74. The van der Waals surface area contributed by atoms with Crippen molar-refractivity contribution in [3.8, 4) is 0 Å². The summed E-state index contributed by atoms with van der Waals surface area (Å²) < 4.78 is 2.13. The van der Waals surface area contributed by atoms with Crippen LogP contribution in [0.5, 0.6) is 0 Å². The molecule has 0 radical (unpaired) electrons. The second-order valence-electron chi connectivity index (χ2n) is 1.94. The van der Waals surface area contributed by atoms with Crippen LogP contribution < -0.4 is 5.73 Å². The van der Waals surface area contributed by atoms with Gasteiger partial charge in [0.1, 0.15) is 0 Å². The summed E-state index contributed by atoms with van der Waals surface area (Å²) in [4.78, 5) is 0. The molecule has 1 nitrogen and oxygen atoms in total. The van der Waals surface area contributed by atoms with E-state index >= 15 is 0 Å². The summed E-state index contributed by atoms with van der Waals surface area (Å²) in [7, 11) is 0. The molecule has 0 aliphatic rings. The summed E-state index contributed by atoms with van der Waals surface area (Å²) in [6, 6.07) is 5.96. The lowest BCUT2D eigenvalue weighted by Gasteiger charge is -1.99. The van der Waals surface area contributed by atoms with Crippen molar-refractivity contribution >= 4 is 31.9 Å². The molecule has 0 aliphatic heterocycles. The van der Waals surface area contributed by atoms with E-state index in [2.05, 4.69) is 31.9 Å². The third-order valence-electron chi connectivity index (χ3n) is 1.24. The highest BCUT2D eigenvalue weighted by molar-refractivity contribution is 9.11. The lowest BCUT2D eigenvalue weighted by Crippen LogP contribution is -1.96. The number of hydrogen-bond donors (Lipinski definition) is 1. The zero-order valence-electron chi connectivity index (χ0n) is 5.27. The maximum atomic E-state index is 5.46. The van der Waals surface area contributed by atoms with Crippen LogP contribution in [0.1, 0.15) is 5.56 Å². The van der Waals surface area contributed by atoms with Gasteiger partial charge in [0, 0.05) is 15.5 Å². The van der Waals surface area contributed by atoms with Gasteiger partial charge in [-0.25, -0.2) is 0 Å². The standard InChI is InChI=1S/C7H7Br2N/c8-6-2-1-5(4-10)7(9)3-6/h1-3H,4,10H2. The smallest absolute Gasteiger partial charge is 0.0231 e. The monoisotopic (exact) mass is 263 g/mol. The van der Waals surface area contributed by atoms with E-state index in [0.29, 0.717) is 6.54 Å². The summed E-state index contributed by atoms with van der Waals surface area (Å²) in [5.41, 5.74) is 6.58. The van der Waals surface area contributed by atoms with E-state index in [1.807, 2.05) is 18.2 Å². The zero-order chi connectivity index (χ0) is 7.56. The van der Waals surface area contributed by atoms with Crippen LogP contribution >= 0.6 is 31.9 Å². The number of rotatable bonds is 1. The highest BCUT2D eigenvalue weighted by atomic mass is 79.9. The Morgan fingerprint density at radius 3 is 2.50 bits per heavy atom. The topological polar surface area (TPSA) is 26.0 Å². The predicted octanol–water partition coefficient (Wildman–Crippen LogP) is 2.67. The highest BCUT2D eigenvalue weighted by Gasteiger charge is 1.96. The van der Waals surface area contributed by atoms with E-state index in [4.69, 9.17) is 5.73 Å². The largest absolute Gasteiger partial charge is 0.326 e. The SMILES string of the molecule is NCc1ccc(Br)cc1Br. The molecule has 0 saturated heterocycles. The van der Waals surface area contributed by atoms with E-state index in [0.717, 1.165) is 14.5 Å². The molecule has 2 N–H and O–H groups in total. The van der Waals surface area contributed by atoms with Crippen LogP contribution in [0.3, 0.4) is 0 Å². The molecule has 0 unspecified atom stereocenters. The average Bonchev–Trinajstić information content (AvgIpc) is 1.88. The normalized spacial score (nSPS) is 9.90. The van der Waals surface area contributed by atoms with Crippen molar-refractivity contribution in [2.45, 2.75) is 6.54 Å². The Morgan fingerprint density at radius 1 is 1.30 bits per heavy atom. The van der Waals surface area contributed by atoms with Gasteiger partial charge in [-0.1, -0.05) is 37.9 Å². The van der Waals surface area contributed by atoms with Crippen molar-refractivity contribution in [1.82, 2.24) is 0 Å². The van der Waals surface area contributed by atoms with Crippen LogP contribution in [0.4, 0.5) is 0 Å². The molecule has 1 aromatic rings. The maximum absolute atomic E-state index is 5.46. The summed E-state index contributed by atoms with van der Waals surface area (Å²) in [6.07, 6.45) is 0. The molecule has 0 atom stereocenters. The van der Waals surface area contributed by atoms with Crippen LogP contribution in [0.25, 0.3) is 0 Å². The van der Waals surface area contributed by atoms with E-state index in [1.165, 1.54) is 0 Å². The molecular weight excluding hydrogens is 258 g/mol. The van der Waals surface area contributed by atoms with E-state index in [1.54, 1.807) is 0 Å². The first-order valence-electron chi connectivity index (χ1n) is 2.88.